The molecule has 1 aliphatic rings. The molecule has 0 bridgehead atoms. The summed E-state index contributed by atoms with van der Waals surface area (Å²) in [7, 11) is 0. The van der Waals surface area contributed by atoms with Crippen molar-refractivity contribution >= 4 is 5.91 Å². The number of hydrogen-bond donors (Lipinski definition) is 2. The molecule has 2 atom stereocenters. The van der Waals surface area contributed by atoms with Gasteiger partial charge in [-0.3, -0.25) is 10.1 Å². The molecule has 0 aliphatic carbocycles. The van der Waals surface area contributed by atoms with Crippen LogP contribution in [0.3, 0.4) is 0 Å². The predicted octanol–water partition coefficient (Wildman–Crippen LogP) is 1.85. The van der Waals surface area contributed by atoms with E-state index in [0.717, 1.165) is 12.8 Å². The minimum Gasteiger partial charge on any atom is -0.368 e. The van der Waals surface area contributed by atoms with Crippen LogP contribution >= 0.6 is 0 Å². The van der Waals surface area contributed by atoms with E-state index >= 15 is 0 Å². The summed E-state index contributed by atoms with van der Waals surface area (Å²) in [5.41, 5.74) is 5.34. The molecule has 23 heavy (non-hydrogen) atoms. The van der Waals surface area contributed by atoms with Crippen LogP contribution < -0.4 is 11.1 Å². The molecular weight excluding hydrogens is 311 g/mol. The second-order valence-corrected chi connectivity index (χ2v) is 5.84. The van der Waals surface area contributed by atoms with Gasteiger partial charge >= 0.3 is 6.18 Å². The molecule has 0 saturated carbocycles. The standard InChI is InChI=1S/C14H22F3N5O/c1-2-3-6-10(12(18)23)19-8-11-20-21-13-9(14(15,16)17)5-4-7-22(11)13/h9-10,19H,2-8H2,1H3,(H2,18,23). The maximum Gasteiger partial charge on any atom is 0.398 e. The van der Waals surface area contributed by atoms with Crippen molar-refractivity contribution in [2.24, 2.45) is 5.73 Å². The molecular formula is C14H22F3N5O. The van der Waals surface area contributed by atoms with E-state index in [1.165, 1.54) is 4.57 Å². The zero-order valence-corrected chi connectivity index (χ0v) is 13.1. The number of aromatic nitrogens is 3. The number of unbranched alkanes of at least 4 members (excludes halogenated alkanes) is 1. The lowest BCUT2D eigenvalue weighted by Crippen LogP contribution is -2.41. The van der Waals surface area contributed by atoms with Gasteiger partial charge in [0.25, 0.3) is 0 Å². The molecule has 2 rings (SSSR count). The molecule has 1 amide bonds. The van der Waals surface area contributed by atoms with Crippen LogP contribution in [0.25, 0.3) is 0 Å². The Morgan fingerprint density at radius 1 is 1.48 bits per heavy atom. The van der Waals surface area contributed by atoms with Gasteiger partial charge in [-0.15, -0.1) is 10.2 Å². The zero-order valence-electron chi connectivity index (χ0n) is 13.1. The fourth-order valence-corrected chi connectivity index (χ4v) is 2.84. The van der Waals surface area contributed by atoms with Crippen LogP contribution in [0.15, 0.2) is 0 Å². The van der Waals surface area contributed by atoms with Gasteiger partial charge in [0, 0.05) is 6.54 Å². The van der Waals surface area contributed by atoms with Crippen molar-refractivity contribution in [2.75, 3.05) is 0 Å². The first-order valence-electron chi connectivity index (χ1n) is 7.86. The smallest absolute Gasteiger partial charge is 0.368 e. The van der Waals surface area contributed by atoms with Crippen molar-refractivity contribution in [2.45, 2.75) is 70.3 Å². The van der Waals surface area contributed by atoms with Crippen molar-refractivity contribution in [3.8, 4) is 0 Å². The average molecular weight is 333 g/mol. The Bertz CT molecular complexity index is 543. The van der Waals surface area contributed by atoms with Crippen LogP contribution in [0.1, 0.15) is 56.6 Å². The van der Waals surface area contributed by atoms with Crippen LogP contribution in [0, 0.1) is 0 Å². The largest absolute Gasteiger partial charge is 0.398 e. The van der Waals surface area contributed by atoms with Gasteiger partial charge in [0.2, 0.25) is 5.91 Å². The molecule has 130 valence electrons. The molecule has 0 aromatic carbocycles. The number of alkyl halides is 3. The Morgan fingerprint density at radius 3 is 2.83 bits per heavy atom. The maximum atomic E-state index is 13.0. The van der Waals surface area contributed by atoms with E-state index in [1.54, 1.807) is 0 Å². The molecule has 2 unspecified atom stereocenters. The lowest BCUT2D eigenvalue weighted by atomic mass is 9.98. The molecule has 2 heterocycles. The zero-order chi connectivity index (χ0) is 17.0. The number of rotatable bonds is 7. The second kappa shape index (κ2) is 7.29. The summed E-state index contributed by atoms with van der Waals surface area (Å²) in [6, 6.07) is -0.509. The summed E-state index contributed by atoms with van der Waals surface area (Å²) in [4.78, 5) is 11.4. The fourth-order valence-electron chi connectivity index (χ4n) is 2.84. The fraction of sp³-hybridized carbons (Fsp3) is 0.786. The lowest BCUT2D eigenvalue weighted by molar-refractivity contribution is -0.156. The first-order chi connectivity index (χ1) is 10.8. The van der Waals surface area contributed by atoms with Gasteiger partial charge in [-0.25, -0.2) is 0 Å². The van der Waals surface area contributed by atoms with Crippen LogP contribution in [-0.2, 0) is 17.9 Å². The molecule has 1 aromatic heterocycles. The third kappa shape index (κ3) is 4.21. The third-order valence-electron chi connectivity index (χ3n) is 4.13. The summed E-state index contributed by atoms with van der Waals surface area (Å²) in [6.45, 7) is 2.64. The first-order valence-corrected chi connectivity index (χ1v) is 7.86. The van der Waals surface area contributed by atoms with Crippen molar-refractivity contribution in [3.63, 3.8) is 0 Å². The molecule has 9 heteroatoms. The third-order valence-corrected chi connectivity index (χ3v) is 4.13. The molecule has 1 aliphatic heterocycles. The Morgan fingerprint density at radius 2 is 2.22 bits per heavy atom. The highest BCUT2D eigenvalue weighted by Crippen LogP contribution is 2.40. The van der Waals surface area contributed by atoms with Crippen LogP contribution in [-0.4, -0.2) is 32.9 Å². The number of nitrogens with one attached hydrogen (secondary N) is 1. The van der Waals surface area contributed by atoms with Crippen molar-refractivity contribution in [3.05, 3.63) is 11.6 Å². The van der Waals surface area contributed by atoms with Gasteiger partial charge in [0.1, 0.15) is 17.6 Å². The highest BCUT2D eigenvalue weighted by molar-refractivity contribution is 5.79. The normalized spacial score (nSPS) is 19.4. The average Bonchev–Trinajstić information content (AvgIpc) is 2.89. The van der Waals surface area contributed by atoms with E-state index in [-0.39, 0.29) is 18.8 Å². The Hall–Kier alpha value is -1.64. The van der Waals surface area contributed by atoms with Crippen molar-refractivity contribution < 1.29 is 18.0 Å². The molecule has 0 radical (unpaired) electrons. The van der Waals surface area contributed by atoms with Crippen molar-refractivity contribution in [1.29, 1.82) is 0 Å². The van der Waals surface area contributed by atoms with E-state index in [4.69, 9.17) is 5.73 Å². The topological polar surface area (TPSA) is 85.8 Å². The quantitative estimate of drug-likeness (QED) is 0.797. The van der Waals surface area contributed by atoms with E-state index in [0.29, 0.717) is 25.2 Å². The number of fused-ring (bicyclic) bond motifs is 1. The van der Waals surface area contributed by atoms with Gasteiger partial charge in [0.15, 0.2) is 0 Å². The maximum absolute atomic E-state index is 13.0. The van der Waals surface area contributed by atoms with Crippen molar-refractivity contribution in [1.82, 2.24) is 20.1 Å². The molecule has 6 nitrogen and oxygen atoms in total. The van der Waals surface area contributed by atoms with Gasteiger partial charge in [-0.2, -0.15) is 13.2 Å². The van der Waals surface area contributed by atoms with Gasteiger partial charge in [0.05, 0.1) is 12.6 Å². The summed E-state index contributed by atoms with van der Waals surface area (Å²) < 4.78 is 40.6. The number of hydrogen-bond acceptors (Lipinski definition) is 4. The molecule has 3 N–H and O–H groups in total. The number of amides is 1. The summed E-state index contributed by atoms with van der Waals surface area (Å²) >= 11 is 0. The van der Waals surface area contributed by atoms with E-state index in [2.05, 4.69) is 15.5 Å². The lowest BCUT2D eigenvalue weighted by Gasteiger charge is -2.25. The SMILES string of the molecule is CCCCC(NCc1nnc2n1CCCC2C(F)(F)F)C(N)=O. The Labute approximate surface area is 132 Å². The van der Waals surface area contributed by atoms with Crippen LogP contribution in [0.2, 0.25) is 0 Å². The molecule has 1 aromatic rings. The number of carbonyl (C=O) groups excluding carboxylic acids is 1. The van der Waals surface area contributed by atoms with Crippen LogP contribution in [0.5, 0.6) is 0 Å². The molecule has 0 spiro atoms. The van der Waals surface area contributed by atoms with Gasteiger partial charge in [-0.1, -0.05) is 19.8 Å². The van der Waals surface area contributed by atoms with E-state index in [9.17, 15) is 18.0 Å². The number of nitrogens with two attached hydrogens (primary N) is 1. The summed E-state index contributed by atoms with van der Waals surface area (Å²) in [5.74, 6) is -1.66. The first kappa shape index (κ1) is 17.7. The van der Waals surface area contributed by atoms with E-state index in [1.807, 2.05) is 6.92 Å². The van der Waals surface area contributed by atoms with Gasteiger partial charge < -0.3 is 10.3 Å². The number of nitrogens with zero attached hydrogens (tertiary/aromatic N) is 3. The van der Waals surface area contributed by atoms with Gasteiger partial charge in [-0.05, 0) is 19.3 Å². The monoisotopic (exact) mass is 333 g/mol. The van der Waals surface area contributed by atoms with E-state index < -0.39 is 24.0 Å². The highest BCUT2D eigenvalue weighted by atomic mass is 19.4. The predicted molar refractivity (Wildman–Crippen MR) is 77.4 cm³/mol. The molecule has 0 fully saturated rings. The molecule has 0 saturated heterocycles. The number of halogens is 3. The van der Waals surface area contributed by atoms with Crippen LogP contribution in [0.4, 0.5) is 13.2 Å². The minimum absolute atomic E-state index is 0.0372. The Balaban J connectivity index is 2.08. The Kier molecular flexibility index (Phi) is 5.61. The minimum atomic E-state index is -4.31. The summed E-state index contributed by atoms with van der Waals surface area (Å²) in [5, 5.41) is 10.6. The highest BCUT2D eigenvalue weighted by Gasteiger charge is 2.45. The second-order valence-electron chi connectivity index (χ2n) is 5.84. The summed E-state index contributed by atoms with van der Waals surface area (Å²) in [6.07, 6.45) is -1.48. The number of primary amides is 1. The number of carbonyl (C=O) groups is 1.